The highest BCUT2D eigenvalue weighted by molar-refractivity contribution is 7.90. The molecule has 0 saturated carbocycles. The van der Waals surface area contributed by atoms with E-state index in [2.05, 4.69) is 32.3 Å². The highest BCUT2D eigenvalue weighted by atomic mass is 32.2. The van der Waals surface area contributed by atoms with E-state index >= 15 is 0 Å². The summed E-state index contributed by atoms with van der Waals surface area (Å²) in [6.07, 6.45) is 1.20. The molecule has 8 nitrogen and oxygen atoms in total. The molecule has 186 valence electrons. The number of rotatable bonds is 9. The molecule has 36 heavy (non-hydrogen) atoms. The van der Waals surface area contributed by atoms with Crippen molar-refractivity contribution in [2.45, 2.75) is 24.5 Å². The van der Waals surface area contributed by atoms with Crippen LogP contribution in [-0.4, -0.2) is 36.6 Å². The molecule has 1 heterocycles. The molecule has 9 heteroatoms. The van der Waals surface area contributed by atoms with Crippen molar-refractivity contribution in [3.8, 4) is 11.1 Å². The molecule has 1 aromatic heterocycles. The van der Waals surface area contributed by atoms with Crippen LogP contribution in [-0.2, 0) is 29.5 Å². The van der Waals surface area contributed by atoms with E-state index < -0.39 is 9.84 Å². The molecule has 0 atom stereocenters. The zero-order valence-electron chi connectivity index (χ0n) is 20.3. The van der Waals surface area contributed by atoms with E-state index in [0.29, 0.717) is 23.8 Å². The van der Waals surface area contributed by atoms with Crippen molar-refractivity contribution < 1.29 is 8.42 Å². The minimum atomic E-state index is -3.20. The average Bonchev–Trinajstić information content (AvgIpc) is 2.83. The van der Waals surface area contributed by atoms with Crippen molar-refractivity contribution in [2.75, 3.05) is 30.1 Å². The molecule has 0 aliphatic rings. The first kappa shape index (κ1) is 25.2. The average molecular weight is 503 g/mol. The number of benzene rings is 3. The molecule has 5 N–H and O–H groups in total. The lowest BCUT2D eigenvalue weighted by Gasteiger charge is -2.19. The molecule has 0 saturated heterocycles. The number of hydrogen-bond acceptors (Lipinski definition) is 8. The van der Waals surface area contributed by atoms with Gasteiger partial charge in [-0.2, -0.15) is 4.98 Å². The predicted molar refractivity (Wildman–Crippen MR) is 145 cm³/mol. The molecule has 0 unspecified atom stereocenters. The summed E-state index contributed by atoms with van der Waals surface area (Å²) in [6, 6.07) is 25.0. The Morgan fingerprint density at radius 3 is 2.14 bits per heavy atom. The van der Waals surface area contributed by atoms with Gasteiger partial charge in [-0.3, -0.25) is 4.90 Å². The maximum atomic E-state index is 11.6. The van der Waals surface area contributed by atoms with Gasteiger partial charge >= 0.3 is 0 Å². The van der Waals surface area contributed by atoms with Crippen LogP contribution < -0.4 is 16.8 Å². The van der Waals surface area contributed by atoms with Crippen LogP contribution in [0.3, 0.4) is 0 Å². The summed E-state index contributed by atoms with van der Waals surface area (Å²) in [6.45, 7) is 1.88. The topological polar surface area (TPSA) is 127 Å². The summed E-state index contributed by atoms with van der Waals surface area (Å²) >= 11 is 0. The molecule has 4 rings (SSSR count). The van der Waals surface area contributed by atoms with Gasteiger partial charge < -0.3 is 16.8 Å². The molecule has 0 fully saturated rings. The summed E-state index contributed by atoms with van der Waals surface area (Å²) in [7, 11) is -1.17. The fourth-order valence-electron chi connectivity index (χ4n) is 4.00. The van der Waals surface area contributed by atoms with Gasteiger partial charge in [0.1, 0.15) is 5.82 Å². The highest BCUT2D eigenvalue weighted by Crippen LogP contribution is 2.30. The van der Waals surface area contributed by atoms with Crippen molar-refractivity contribution in [1.82, 2.24) is 14.9 Å². The molecular formula is C27H30N6O2S. The zero-order valence-corrected chi connectivity index (χ0v) is 21.2. The number of nitrogens with two attached hydrogens (primary N) is 2. The van der Waals surface area contributed by atoms with Gasteiger partial charge in [-0.05, 0) is 48.0 Å². The molecule has 0 bridgehead atoms. The van der Waals surface area contributed by atoms with Gasteiger partial charge in [-0.15, -0.1) is 0 Å². The number of nitrogen functional groups attached to an aromatic ring is 2. The zero-order chi connectivity index (χ0) is 25.7. The van der Waals surface area contributed by atoms with E-state index in [4.69, 9.17) is 11.5 Å². The largest absolute Gasteiger partial charge is 0.383 e. The van der Waals surface area contributed by atoms with Gasteiger partial charge in [-0.1, -0.05) is 54.6 Å². The fourth-order valence-corrected chi connectivity index (χ4v) is 4.63. The lowest BCUT2D eigenvalue weighted by atomic mass is 10.0. The molecule has 0 aliphatic heterocycles. The maximum absolute atomic E-state index is 11.6. The van der Waals surface area contributed by atoms with E-state index in [1.54, 1.807) is 12.1 Å². The lowest BCUT2D eigenvalue weighted by Crippen LogP contribution is -2.20. The molecular weight excluding hydrogens is 472 g/mol. The van der Waals surface area contributed by atoms with Crippen molar-refractivity contribution in [2.24, 2.45) is 0 Å². The minimum Gasteiger partial charge on any atom is -0.383 e. The monoisotopic (exact) mass is 502 g/mol. The third kappa shape index (κ3) is 6.38. The van der Waals surface area contributed by atoms with Gasteiger partial charge in [0.05, 0.1) is 10.6 Å². The quantitative estimate of drug-likeness (QED) is 0.314. The number of nitrogens with one attached hydrogen (secondary N) is 1. The van der Waals surface area contributed by atoms with E-state index in [1.165, 1.54) is 11.8 Å². The first-order valence-electron chi connectivity index (χ1n) is 11.5. The predicted octanol–water partition coefficient (Wildman–Crippen LogP) is 3.96. The highest BCUT2D eigenvalue weighted by Gasteiger charge is 2.16. The van der Waals surface area contributed by atoms with Crippen molar-refractivity contribution in [3.63, 3.8) is 0 Å². The third-order valence-corrected chi connectivity index (χ3v) is 6.89. The lowest BCUT2D eigenvalue weighted by molar-refractivity contribution is 0.315. The first-order chi connectivity index (χ1) is 17.2. The van der Waals surface area contributed by atoms with Gasteiger partial charge in [0.25, 0.3) is 0 Å². The molecule has 4 aromatic rings. The molecule has 0 spiro atoms. The van der Waals surface area contributed by atoms with Gasteiger partial charge in [0.2, 0.25) is 5.95 Å². The van der Waals surface area contributed by atoms with Gasteiger partial charge in [0.15, 0.2) is 9.84 Å². The summed E-state index contributed by atoms with van der Waals surface area (Å²) in [5, 5.41) is 3.36. The van der Waals surface area contributed by atoms with Gasteiger partial charge in [-0.25, -0.2) is 13.4 Å². The Bertz CT molecular complexity index is 1420. The Hall–Kier alpha value is -3.95. The second-order valence-electron chi connectivity index (χ2n) is 8.79. The van der Waals surface area contributed by atoms with E-state index in [0.717, 1.165) is 34.6 Å². The normalized spacial score (nSPS) is 11.5. The van der Waals surface area contributed by atoms with Crippen LogP contribution in [0.4, 0.5) is 17.5 Å². The van der Waals surface area contributed by atoms with Crippen LogP contribution in [0.15, 0.2) is 83.8 Å². The molecule has 3 aromatic carbocycles. The van der Waals surface area contributed by atoms with E-state index in [9.17, 15) is 8.42 Å². The van der Waals surface area contributed by atoms with Gasteiger partial charge in [0, 0.05) is 37.1 Å². The second kappa shape index (κ2) is 10.8. The van der Waals surface area contributed by atoms with E-state index in [-0.39, 0.29) is 5.95 Å². The number of hydrogen-bond donors (Lipinski definition) is 3. The van der Waals surface area contributed by atoms with E-state index in [1.807, 2.05) is 61.6 Å². The second-order valence-corrected chi connectivity index (χ2v) is 10.8. The van der Waals surface area contributed by atoms with Crippen LogP contribution >= 0.6 is 0 Å². The van der Waals surface area contributed by atoms with Crippen LogP contribution in [0.1, 0.15) is 16.8 Å². The Labute approximate surface area is 211 Å². The number of nitrogens with zero attached hydrogens (tertiary/aromatic N) is 3. The van der Waals surface area contributed by atoms with Crippen molar-refractivity contribution in [1.29, 1.82) is 0 Å². The SMILES string of the molecule is CN(Cc1ccccc1)Cc1nc(N)nc(N)c1-c1ccc(NCc2ccc(S(C)(=O)=O)cc2)cc1. The summed E-state index contributed by atoms with van der Waals surface area (Å²) in [5.74, 6) is 0.497. The Balaban J connectivity index is 1.48. The van der Waals surface area contributed by atoms with Crippen LogP contribution in [0, 0.1) is 0 Å². The third-order valence-electron chi connectivity index (χ3n) is 5.77. The van der Waals surface area contributed by atoms with Crippen LogP contribution in [0.2, 0.25) is 0 Å². The Kier molecular flexibility index (Phi) is 7.52. The smallest absolute Gasteiger partial charge is 0.222 e. The molecule has 0 radical (unpaired) electrons. The Morgan fingerprint density at radius 1 is 0.833 bits per heavy atom. The number of anilines is 3. The molecule has 0 aliphatic carbocycles. The summed E-state index contributed by atoms with van der Waals surface area (Å²) in [4.78, 5) is 11.2. The number of sulfone groups is 1. The first-order valence-corrected chi connectivity index (χ1v) is 13.4. The number of aromatic nitrogens is 2. The van der Waals surface area contributed by atoms with Crippen molar-refractivity contribution in [3.05, 3.63) is 95.7 Å². The van der Waals surface area contributed by atoms with Crippen LogP contribution in [0.25, 0.3) is 11.1 Å². The van der Waals surface area contributed by atoms with Crippen LogP contribution in [0.5, 0.6) is 0 Å². The Morgan fingerprint density at radius 2 is 1.50 bits per heavy atom. The maximum Gasteiger partial charge on any atom is 0.222 e. The minimum absolute atomic E-state index is 0.152. The molecule has 0 amide bonds. The summed E-state index contributed by atoms with van der Waals surface area (Å²) in [5.41, 5.74) is 17.8. The standard InChI is InChI=1S/C27H30N6O2S/c1-33(17-20-6-4-3-5-7-20)18-24-25(26(28)32-27(29)31-24)21-10-12-22(13-11-21)30-16-19-8-14-23(15-9-19)36(2,34)35/h3-15,30H,16-18H2,1-2H3,(H4,28,29,31,32). The van der Waals surface area contributed by atoms with Crippen molar-refractivity contribution >= 4 is 27.3 Å². The fraction of sp³-hybridized carbons (Fsp3) is 0.185. The summed E-state index contributed by atoms with van der Waals surface area (Å²) < 4.78 is 23.3.